The maximum absolute atomic E-state index is 11.6. The second kappa shape index (κ2) is 8.66. The first-order valence-electron chi connectivity index (χ1n) is 6.42. The summed E-state index contributed by atoms with van der Waals surface area (Å²) in [6, 6.07) is 3.59. The molecule has 1 aromatic carbocycles. The van der Waals surface area contributed by atoms with Crippen LogP contribution in [0, 0.1) is 6.92 Å². The van der Waals surface area contributed by atoms with Crippen molar-refractivity contribution in [2.45, 2.75) is 13.3 Å². The number of hydrogen-bond donors (Lipinski definition) is 2. The molecule has 6 heteroatoms. The fourth-order valence-electron chi connectivity index (χ4n) is 1.65. The number of aryl methyl sites for hydroxylation is 1. The molecular weight excluding hydrogens is 280 g/mol. The fraction of sp³-hybridized carbons (Fsp3) is 0.500. The number of anilines is 1. The number of rotatable bonds is 8. The molecule has 0 unspecified atom stereocenters. The summed E-state index contributed by atoms with van der Waals surface area (Å²) in [7, 11) is 3.20. The van der Waals surface area contributed by atoms with Crippen LogP contribution in [0.3, 0.4) is 0 Å². The number of amides is 1. The predicted octanol–water partition coefficient (Wildman–Crippen LogP) is 2.22. The van der Waals surface area contributed by atoms with E-state index < -0.39 is 0 Å². The van der Waals surface area contributed by atoms with Gasteiger partial charge >= 0.3 is 0 Å². The van der Waals surface area contributed by atoms with E-state index in [1.807, 2.05) is 13.0 Å². The quantitative estimate of drug-likeness (QED) is 0.723. The summed E-state index contributed by atoms with van der Waals surface area (Å²) in [6.07, 6.45) is 0.797. The third kappa shape index (κ3) is 5.27. The maximum Gasteiger partial charge on any atom is 0.239 e. The number of carbonyl (C=O) groups is 1. The van der Waals surface area contributed by atoms with Crippen molar-refractivity contribution in [1.82, 2.24) is 5.32 Å². The van der Waals surface area contributed by atoms with Crippen LogP contribution in [0.4, 0.5) is 5.69 Å². The van der Waals surface area contributed by atoms with E-state index in [1.54, 1.807) is 20.3 Å². The first kappa shape index (κ1) is 16.6. The molecule has 0 fully saturated rings. The van der Waals surface area contributed by atoms with Crippen molar-refractivity contribution >= 4 is 23.2 Å². The average molecular weight is 301 g/mol. The predicted molar refractivity (Wildman–Crippen MR) is 80.7 cm³/mol. The second-order valence-electron chi connectivity index (χ2n) is 4.35. The smallest absolute Gasteiger partial charge is 0.239 e. The third-order valence-electron chi connectivity index (χ3n) is 2.77. The number of ether oxygens (including phenoxy) is 2. The molecular formula is C14H21ClN2O3. The van der Waals surface area contributed by atoms with Gasteiger partial charge in [-0.3, -0.25) is 4.79 Å². The van der Waals surface area contributed by atoms with Gasteiger partial charge in [0.2, 0.25) is 5.91 Å². The third-order valence-corrected chi connectivity index (χ3v) is 3.17. The first-order chi connectivity index (χ1) is 9.58. The molecule has 0 atom stereocenters. The summed E-state index contributed by atoms with van der Waals surface area (Å²) in [5.74, 6) is 0.545. The highest BCUT2D eigenvalue weighted by Crippen LogP contribution is 2.30. The van der Waals surface area contributed by atoms with E-state index in [4.69, 9.17) is 21.1 Å². The van der Waals surface area contributed by atoms with Gasteiger partial charge in [0, 0.05) is 31.4 Å². The first-order valence-corrected chi connectivity index (χ1v) is 6.80. The number of benzene rings is 1. The van der Waals surface area contributed by atoms with Gasteiger partial charge in [0.15, 0.2) is 0 Å². The summed E-state index contributed by atoms with van der Waals surface area (Å²) in [5.41, 5.74) is 1.68. The molecule has 0 aromatic heterocycles. The maximum atomic E-state index is 11.6. The Morgan fingerprint density at radius 1 is 1.35 bits per heavy atom. The van der Waals surface area contributed by atoms with Crippen LogP contribution in [0.25, 0.3) is 0 Å². The number of halogens is 1. The van der Waals surface area contributed by atoms with Crippen LogP contribution in [0.2, 0.25) is 5.02 Å². The largest absolute Gasteiger partial charge is 0.495 e. The van der Waals surface area contributed by atoms with Crippen LogP contribution in [-0.2, 0) is 9.53 Å². The van der Waals surface area contributed by atoms with Gasteiger partial charge in [-0.2, -0.15) is 0 Å². The summed E-state index contributed by atoms with van der Waals surface area (Å²) >= 11 is 6.03. The Balaban J connectivity index is 2.48. The molecule has 0 aliphatic rings. The molecule has 0 spiro atoms. The molecule has 1 aromatic rings. The van der Waals surface area contributed by atoms with Crippen LogP contribution >= 0.6 is 11.6 Å². The van der Waals surface area contributed by atoms with Crippen molar-refractivity contribution in [1.29, 1.82) is 0 Å². The average Bonchev–Trinajstić information content (AvgIpc) is 2.44. The molecule has 0 aliphatic heterocycles. The Hall–Kier alpha value is -1.46. The molecule has 5 nitrogen and oxygen atoms in total. The van der Waals surface area contributed by atoms with Gasteiger partial charge in [0.05, 0.1) is 19.3 Å². The lowest BCUT2D eigenvalue weighted by Gasteiger charge is -2.13. The molecule has 2 N–H and O–H groups in total. The fourth-order valence-corrected chi connectivity index (χ4v) is 1.81. The Labute approximate surface area is 124 Å². The van der Waals surface area contributed by atoms with E-state index in [0.717, 1.165) is 17.7 Å². The molecule has 0 saturated heterocycles. The molecule has 20 heavy (non-hydrogen) atoms. The van der Waals surface area contributed by atoms with E-state index in [9.17, 15) is 4.79 Å². The topological polar surface area (TPSA) is 59.6 Å². The zero-order valence-corrected chi connectivity index (χ0v) is 12.8. The number of carbonyl (C=O) groups excluding carboxylic acids is 1. The van der Waals surface area contributed by atoms with Crippen LogP contribution < -0.4 is 15.4 Å². The summed E-state index contributed by atoms with van der Waals surface area (Å²) in [5, 5.41) is 6.48. The molecule has 112 valence electrons. The molecule has 0 aliphatic carbocycles. The Kier molecular flexibility index (Phi) is 7.18. The van der Waals surface area contributed by atoms with Crippen LogP contribution in [-0.4, -0.2) is 39.8 Å². The van der Waals surface area contributed by atoms with Crippen molar-refractivity contribution < 1.29 is 14.3 Å². The highest BCUT2D eigenvalue weighted by molar-refractivity contribution is 6.31. The number of nitrogens with one attached hydrogen (secondary N) is 2. The second-order valence-corrected chi connectivity index (χ2v) is 4.76. The zero-order chi connectivity index (χ0) is 15.0. The minimum atomic E-state index is -0.0734. The SMILES string of the molecule is COCCCNC(=O)CNc1cc(C)c(Cl)cc1OC. The Bertz CT molecular complexity index is 452. The van der Waals surface area contributed by atoms with Gasteiger partial charge in [-0.15, -0.1) is 0 Å². The van der Waals surface area contributed by atoms with Gasteiger partial charge in [-0.1, -0.05) is 11.6 Å². The van der Waals surface area contributed by atoms with E-state index in [2.05, 4.69) is 10.6 Å². The van der Waals surface area contributed by atoms with E-state index in [0.29, 0.717) is 23.9 Å². The standard InChI is InChI=1S/C14H21ClN2O3/c1-10-7-12(13(20-3)8-11(10)15)17-9-14(18)16-5-4-6-19-2/h7-8,17H,4-6,9H2,1-3H3,(H,16,18). The van der Waals surface area contributed by atoms with Gasteiger partial charge in [0.25, 0.3) is 0 Å². The number of hydrogen-bond acceptors (Lipinski definition) is 4. The van der Waals surface area contributed by atoms with Crippen molar-refractivity contribution in [2.75, 3.05) is 39.2 Å². The molecule has 1 rings (SSSR count). The Morgan fingerprint density at radius 3 is 2.75 bits per heavy atom. The van der Waals surface area contributed by atoms with E-state index in [1.165, 1.54) is 0 Å². The minimum Gasteiger partial charge on any atom is -0.495 e. The van der Waals surface area contributed by atoms with E-state index in [-0.39, 0.29) is 12.5 Å². The monoisotopic (exact) mass is 300 g/mol. The van der Waals surface area contributed by atoms with Crippen LogP contribution in [0.5, 0.6) is 5.75 Å². The summed E-state index contributed by atoms with van der Waals surface area (Å²) in [4.78, 5) is 11.6. The Morgan fingerprint density at radius 2 is 2.10 bits per heavy atom. The van der Waals surface area contributed by atoms with Crippen molar-refractivity contribution in [3.63, 3.8) is 0 Å². The highest BCUT2D eigenvalue weighted by atomic mass is 35.5. The van der Waals surface area contributed by atoms with Crippen molar-refractivity contribution in [3.8, 4) is 5.75 Å². The highest BCUT2D eigenvalue weighted by Gasteiger charge is 2.08. The van der Waals surface area contributed by atoms with Crippen molar-refractivity contribution in [3.05, 3.63) is 22.7 Å². The summed E-state index contributed by atoms with van der Waals surface area (Å²) < 4.78 is 10.1. The van der Waals surface area contributed by atoms with E-state index >= 15 is 0 Å². The van der Waals surface area contributed by atoms with Crippen molar-refractivity contribution in [2.24, 2.45) is 0 Å². The molecule has 1 amide bonds. The molecule has 0 heterocycles. The van der Waals surface area contributed by atoms with Crippen LogP contribution in [0.15, 0.2) is 12.1 Å². The van der Waals surface area contributed by atoms with Crippen LogP contribution in [0.1, 0.15) is 12.0 Å². The number of methoxy groups -OCH3 is 2. The molecule has 0 radical (unpaired) electrons. The van der Waals surface area contributed by atoms with Gasteiger partial charge in [0.1, 0.15) is 5.75 Å². The molecule has 0 bridgehead atoms. The normalized spacial score (nSPS) is 10.2. The zero-order valence-electron chi connectivity index (χ0n) is 12.1. The lowest BCUT2D eigenvalue weighted by atomic mass is 10.2. The minimum absolute atomic E-state index is 0.0734. The lowest BCUT2D eigenvalue weighted by molar-refractivity contribution is -0.119. The summed E-state index contributed by atoms with van der Waals surface area (Å²) in [6.45, 7) is 3.32. The molecule has 0 saturated carbocycles. The lowest BCUT2D eigenvalue weighted by Crippen LogP contribution is -2.31. The van der Waals surface area contributed by atoms with Gasteiger partial charge in [-0.25, -0.2) is 0 Å². The van der Waals surface area contributed by atoms with Gasteiger partial charge < -0.3 is 20.1 Å². The van der Waals surface area contributed by atoms with Gasteiger partial charge in [-0.05, 0) is 25.0 Å².